The molecule has 0 spiro atoms. The molecular formula is C23H28N2O3. The average molecular weight is 380 g/mol. The minimum atomic E-state index is -0.233. The molecule has 1 aliphatic rings. The molecule has 1 heterocycles. The summed E-state index contributed by atoms with van der Waals surface area (Å²) >= 11 is 0. The maximum Gasteiger partial charge on any atom is 0.259 e. The van der Waals surface area contributed by atoms with Crippen LogP contribution in [0.2, 0.25) is 0 Å². The van der Waals surface area contributed by atoms with E-state index in [4.69, 9.17) is 4.74 Å². The number of hydrogen-bond acceptors (Lipinski definition) is 3. The minimum absolute atomic E-state index is 0.0155. The Morgan fingerprint density at radius 2 is 1.57 bits per heavy atom. The van der Waals surface area contributed by atoms with E-state index >= 15 is 0 Å². The van der Waals surface area contributed by atoms with Gasteiger partial charge >= 0.3 is 0 Å². The van der Waals surface area contributed by atoms with Gasteiger partial charge in [-0.1, -0.05) is 25.0 Å². The Balaban J connectivity index is 1.67. The third-order valence-electron chi connectivity index (χ3n) is 4.78. The molecule has 2 amide bonds. The molecule has 1 aliphatic heterocycles. The number of para-hydroxylation sites is 1. The summed E-state index contributed by atoms with van der Waals surface area (Å²) in [5.41, 5.74) is 1.79. The highest BCUT2D eigenvalue weighted by Crippen LogP contribution is 2.21. The molecule has 1 fully saturated rings. The highest BCUT2D eigenvalue weighted by atomic mass is 16.5. The first-order valence-corrected chi connectivity index (χ1v) is 10.0. The van der Waals surface area contributed by atoms with Gasteiger partial charge in [0.2, 0.25) is 0 Å². The Labute approximate surface area is 166 Å². The quantitative estimate of drug-likeness (QED) is 0.815. The Bertz CT molecular complexity index is 807. The lowest BCUT2D eigenvalue weighted by Crippen LogP contribution is -2.31. The van der Waals surface area contributed by atoms with Crippen LogP contribution in [0.5, 0.6) is 5.75 Å². The lowest BCUT2D eigenvalue weighted by Gasteiger charge is -2.20. The standard InChI is InChI=1S/C23H28N2O3/c1-17(2)28-21-10-6-5-9-20(21)22(26)24-19-13-11-18(12-14-19)23(27)25-15-7-3-4-8-16-25/h5-6,9-14,17H,3-4,7-8,15-16H2,1-2H3,(H,24,26). The van der Waals surface area contributed by atoms with E-state index in [2.05, 4.69) is 5.32 Å². The molecular weight excluding hydrogens is 352 g/mol. The first kappa shape index (κ1) is 19.9. The van der Waals surface area contributed by atoms with Crippen LogP contribution in [0.15, 0.2) is 48.5 Å². The zero-order valence-electron chi connectivity index (χ0n) is 16.6. The second-order valence-electron chi connectivity index (χ2n) is 7.40. The molecule has 0 radical (unpaired) electrons. The molecule has 5 nitrogen and oxygen atoms in total. The molecule has 2 aromatic rings. The smallest absolute Gasteiger partial charge is 0.259 e. The number of anilines is 1. The average Bonchev–Trinajstić information content (AvgIpc) is 2.97. The van der Waals surface area contributed by atoms with Crippen molar-refractivity contribution in [3.63, 3.8) is 0 Å². The number of carbonyl (C=O) groups is 2. The maximum absolute atomic E-state index is 12.7. The summed E-state index contributed by atoms with van der Waals surface area (Å²) in [6.45, 7) is 5.50. The molecule has 0 atom stereocenters. The molecule has 1 N–H and O–H groups in total. The lowest BCUT2D eigenvalue weighted by atomic mass is 10.1. The first-order valence-electron chi connectivity index (χ1n) is 10.0. The van der Waals surface area contributed by atoms with E-state index in [9.17, 15) is 9.59 Å². The Morgan fingerprint density at radius 1 is 0.929 bits per heavy atom. The number of nitrogens with zero attached hydrogens (tertiary/aromatic N) is 1. The van der Waals surface area contributed by atoms with Crippen molar-refractivity contribution in [1.82, 2.24) is 4.90 Å². The lowest BCUT2D eigenvalue weighted by molar-refractivity contribution is 0.0761. The maximum atomic E-state index is 12.7. The molecule has 28 heavy (non-hydrogen) atoms. The van der Waals surface area contributed by atoms with Crippen LogP contribution >= 0.6 is 0 Å². The van der Waals surface area contributed by atoms with Crippen LogP contribution in [0, 0.1) is 0 Å². The number of amides is 2. The van der Waals surface area contributed by atoms with Gasteiger partial charge in [0.15, 0.2) is 0 Å². The predicted octanol–water partition coefficient (Wildman–Crippen LogP) is 4.74. The summed E-state index contributed by atoms with van der Waals surface area (Å²) in [5, 5.41) is 2.88. The molecule has 5 heteroatoms. The molecule has 0 unspecified atom stereocenters. The third kappa shape index (κ3) is 5.12. The normalized spacial score (nSPS) is 14.5. The fourth-order valence-electron chi connectivity index (χ4n) is 3.36. The van der Waals surface area contributed by atoms with Gasteiger partial charge in [-0.05, 0) is 63.1 Å². The number of nitrogens with one attached hydrogen (secondary N) is 1. The van der Waals surface area contributed by atoms with E-state index < -0.39 is 0 Å². The van der Waals surface area contributed by atoms with Gasteiger partial charge in [0.1, 0.15) is 5.75 Å². The number of carbonyl (C=O) groups excluding carboxylic acids is 2. The Kier molecular flexibility index (Phi) is 6.69. The largest absolute Gasteiger partial charge is 0.490 e. The molecule has 0 bridgehead atoms. The third-order valence-corrected chi connectivity index (χ3v) is 4.78. The molecule has 2 aromatic carbocycles. The SMILES string of the molecule is CC(C)Oc1ccccc1C(=O)Nc1ccc(C(=O)N2CCCCCC2)cc1. The highest BCUT2D eigenvalue weighted by molar-refractivity contribution is 6.06. The molecule has 3 rings (SSSR count). The number of ether oxygens (including phenoxy) is 1. The van der Waals surface area contributed by atoms with Crippen LogP contribution in [0.1, 0.15) is 60.2 Å². The van der Waals surface area contributed by atoms with Gasteiger partial charge in [0.25, 0.3) is 11.8 Å². The van der Waals surface area contributed by atoms with Gasteiger partial charge in [-0.15, -0.1) is 0 Å². The predicted molar refractivity (Wildman–Crippen MR) is 111 cm³/mol. The molecule has 0 aromatic heterocycles. The van der Waals surface area contributed by atoms with Gasteiger partial charge in [-0.25, -0.2) is 0 Å². The summed E-state index contributed by atoms with van der Waals surface area (Å²) in [4.78, 5) is 27.3. The van der Waals surface area contributed by atoms with E-state index in [0.717, 1.165) is 25.9 Å². The fourth-order valence-corrected chi connectivity index (χ4v) is 3.36. The van der Waals surface area contributed by atoms with Gasteiger partial charge < -0.3 is 15.0 Å². The molecule has 0 saturated carbocycles. The van der Waals surface area contributed by atoms with Crippen molar-refractivity contribution in [2.24, 2.45) is 0 Å². The first-order chi connectivity index (χ1) is 13.5. The van der Waals surface area contributed by atoms with E-state index in [1.54, 1.807) is 36.4 Å². The summed E-state index contributed by atoms with van der Waals surface area (Å²) in [5.74, 6) is 0.390. The second-order valence-corrected chi connectivity index (χ2v) is 7.40. The van der Waals surface area contributed by atoms with Crippen molar-refractivity contribution in [3.8, 4) is 5.75 Å². The monoisotopic (exact) mass is 380 g/mol. The topological polar surface area (TPSA) is 58.6 Å². The van der Waals surface area contributed by atoms with Crippen LogP contribution in [-0.4, -0.2) is 35.9 Å². The van der Waals surface area contributed by atoms with Crippen molar-refractivity contribution in [2.45, 2.75) is 45.6 Å². The van der Waals surface area contributed by atoms with E-state index in [-0.39, 0.29) is 17.9 Å². The number of hydrogen-bond donors (Lipinski definition) is 1. The van der Waals surface area contributed by atoms with Gasteiger partial charge in [-0.3, -0.25) is 9.59 Å². The summed E-state index contributed by atoms with van der Waals surface area (Å²) in [6.07, 6.45) is 4.50. The van der Waals surface area contributed by atoms with E-state index in [1.807, 2.05) is 30.9 Å². The van der Waals surface area contributed by atoms with Crippen LogP contribution in [0.25, 0.3) is 0 Å². The summed E-state index contributed by atoms with van der Waals surface area (Å²) in [7, 11) is 0. The van der Waals surface area contributed by atoms with E-state index in [0.29, 0.717) is 22.6 Å². The van der Waals surface area contributed by atoms with Crippen molar-refractivity contribution in [3.05, 3.63) is 59.7 Å². The van der Waals surface area contributed by atoms with Crippen molar-refractivity contribution >= 4 is 17.5 Å². The zero-order valence-corrected chi connectivity index (χ0v) is 16.6. The summed E-state index contributed by atoms with van der Waals surface area (Å²) < 4.78 is 5.72. The van der Waals surface area contributed by atoms with Gasteiger partial charge in [-0.2, -0.15) is 0 Å². The van der Waals surface area contributed by atoms with Crippen LogP contribution in [0.4, 0.5) is 5.69 Å². The van der Waals surface area contributed by atoms with Crippen LogP contribution in [0.3, 0.4) is 0 Å². The number of likely N-dealkylation sites (tertiary alicyclic amines) is 1. The van der Waals surface area contributed by atoms with E-state index in [1.165, 1.54) is 12.8 Å². The summed E-state index contributed by atoms with van der Waals surface area (Å²) in [6, 6.07) is 14.3. The number of benzene rings is 2. The van der Waals surface area contributed by atoms with Crippen molar-refractivity contribution < 1.29 is 14.3 Å². The van der Waals surface area contributed by atoms with Crippen LogP contribution < -0.4 is 10.1 Å². The Morgan fingerprint density at radius 3 is 2.21 bits per heavy atom. The number of rotatable bonds is 5. The van der Waals surface area contributed by atoms with Crippen molar-refractivity contribution in [1.29, 1.82) is 0 Å². The highest BCUT2D eigenvalue weighted by Gasteiger charge is 2.18. The van der Waals surface area contributed by atoms with Crippen molar-refractivity contribution in [2.75, 3.05) is 18.4 Å². The molecule has 1 saturated heterocycles. The fraction of sp³-hybridized carbons (Fsp3) is 0.391. The minimum Gasteiger partial charge on any atom is -0.490 e. The van der Waals surface area contributed by atoms with Crippen LogP contribution in [-0.2, 0) is 0 Å². The van der Waals surface area contributed by atoms with Gasteiger partial charge in [0.05, 0.1) is 11.7 Å². The van der Waals surface area contributed by atoms with Gasteiger partial charge in [0, 0.05) is 24.3 Å². The zero-order chi connectivity index (χ0) is 19.9. The molecule has 148 valence electrons. The Hall–Kier alpha value is -2.82. The molecule has 0 aliphatic carbocycles. The second kappa shape index (κ2) is 9.40.